The number of benzene rings is 1. The number of carbonyl (C=O) groups excluding carboxylic acids is 1. The molecule has 9 nitrogen and oxygen atoms in total. The van der Waals surface area contributed by atoms with E-state index in [4.69, 9.17) is 9.26 Å². The van der Waals surface area contributed by atoms with Crippen molar-refractivity contribution < 1.29 is 22.5 Å². The third-order valence-corrected chi connectivity index (χ3v) is 6.92. The van der Waals surface area contributed by atoms with Gasteiger partial charge in [0.05, 0.1) is 16.8 Å². The Morgan fingerprint density at radius 1 is 1.17 bits per heavy atom. The molecule has 1 amide bonds. The molecular formula is C19H26N4O5S. The second-order valence-electron chi connectivity index (χ2n) is 7.07. The number of aromatic nitrogens is 1. The summed E-state index contributed by atoms with van der Waals surface area (Å²) < 4.78 is 38.1. The van der Waals surface area contributed by atoms with Crippen LogP contribution in [0.15, 0.2) is 28.8 Å². The molecule has 0 spiro atoms. The number of hydrogen-bond acceptors (Lipinski definition) is 6. The summed E-state index contributed by atoms with van der Waals surface area (Å²) in [4.78, 5) is 14.7. The Morgan fingerprint density at radius 3 is 2.41 bits per heavy atom. The fourth-order valence-corrected chi connectivity index (χ4v) is 4.24. The van der Waals surface area contributed by atoms with Crippen LogP contribution < -0.4 is 4.74 Å². The number of amides is 1. The molecule has 0 N–H and O–H groups in total. The summed E-state index contributed by atoms with van der Waals surface area (Å²) in [7, 11) is -0.476. The van der Waals surface area contributed by atoms with Crippen LogP contribution in [-0.2, 0) is 16.8 Å². The van der Waals surface area contributed by atoms with Crippen LogP contribution >= 0.6 is 0 Å². The van der Waals surface area contributed by atoms with Gasteiger partial charge in [-0.1, -0.05) is 17.3 Å². The van der Waals surface area contributed by atoms with E-state index in [-0.39, 0.29) is 25.6 Å². The summed E-state index contributed by atoms with van der Waals surface area (Å²) in [6.45, 7) is 5.07. The molecule has 2 heterocycles. The van der Waals surface area contributed by atoms with Crippen molar-refractivity contribution in [2.75, 3.05) is 40.3 Å². The molecule has 0 radical (unpaired) electrons. The molecule has 0 saturated carbocycles. The van der Waals surface area contributed by atoms with Gasteiger partial charge in [0, 0.05) is 40.3 Å². The highest BCUT2D eigenvalue weighted by Crippen LogP contribution is 2.23. The zero-order valence-electron chi connectivity index (χ0n) is 17.1. The average Bonchev–Trinajstić information content (AvgIpc) is 3.03. The Morgan fingerprint density at radius 2 is 1.83 bits per heavy atom. The van der Waals surface area contributed by atoms with Gasteiger partial charge in [0.25, 0.3) is 16.1 Å². The molecule has 1 fully saturated rings. The quantitative estimate of drug-likeness (QED) is 0.699. The molecule has 1 aliphatic heterocycles. The molecule has 0 bridgehead atoms. The first-order valence-corrected chi connectivity index (χ1v) is 10.7. The number of ether oxygens (including phenoxy) is 1. The first-order chi connectivity index (χ1) is 13.7. The van der Waals surface area contributed by atoms with E-state index in [0.29, 0.717) is 30.2 Å². The van der Waals surface area contributed by atoms with E-state index in [1.54, 1.807) is 29.2 Å². The normalized spacial score (nSPS) is 15.7. The molecule has 2 aromatic rings. The lowest BCUT2D eigenvalue weighted by Gasteiger charge is -2.35. The van der Waals surface area contributed by atoms with E-state index in [1.807, 2.05) is 13.8 Å². The molecule has 1 saturated heterocycles. The smallest absolute Gasteiger partial charge is 0.281 e. The van der Waals surface area contributed by atoms with Gasteiger partial charge in [-0.05, 0) is 26.0 Å². The van der Waals surface area contributed by atoms with Gasteiger partial charge in [0.1, 0.15) is 18.1 Å². The minimum atomic E-state index is -3.47. The van der Waals surface area contributed by atoms with Gasteiger partial charge in [-0.25, -0.2) is 0 Å². The van der Waals surface area contributed by atoms with E-state index in [0.717, 1.165) is 11.3 Å². The summed E-state index contributed by atoms with van der Waals surface area (Å²) in [5.74, 6) is 0.978. The van der Waals surface area contributed by atoms with Gasteiger partial charge in [0.2, 0.25) is 0 Å². The maximum atomic E-state index is 13.0. The van der Waals surface area contributed by atoms with Crippen LogP contribution in [0.1, 0.15) is 27.4 Å². The lowest BCUT2D eigenvalue weighted by Crippen LogP contribution is -2.53. The second-order valence-corrected chi connectivity index (χ2v) is 9.21. The van der Waals surface area contributed by atoms with Crippen molar-refractivity contribution in [3.63, 3.8) is 0 Å². The monoisotopic (exact) mass is 422 g/mol. The van der Waals surface area contributed by atoms with Crippen LogP contribution in [0.25, 0.3) is 0 Å². The van der Waals surface area contributed by atoms with Crippen LogP contribution in [0.3, 0.4) is 0 Å². The van der Waals surface area contributed by atoms with E-state index >= 15 is 0 Å². The van der Waals surface area contributed by atoms with Gasteiger partial charge in [-0.15, -0.1) is 0 Å². The maximum Gasteiger partial charge on any atom is 0.281 e. The van der Waals surface area contributed by atoms with Crippen molar-refractivity contribution in [3.8, 4) is 5.75 Å². The number of hydrogen-bond donors (Lipinski definition) is 0. The van der Waals surface area contributed by atoms with Crippen LogP contribution in [0, 0.1) is 13.8 Å². The minimum Gasteiger partial charge on any atom is -0.488 e. The van der Waals surface area contributed by atoms with E-state index in [1.165, 1.54) is 22.7 Å². The van der Waals surface area contributed by atoms with Crippen LogP contribution in [-0.4, -0.2) is 73.3 Å². The van der Waals surface area contributed by atoms with Gasteiger partial charge in [-0.3, -0.25) is 4.79 Å². The van der Waals surface area contributed by atoms with E-state index < -0.39 is 10.2 Å². The van der Waals surface area contributed by atoms with Crippen molar-refractivity contribution in [2.24, 2.45) is 0 Å². The highest BCUT2D eigenvalue weighted by molar-refractivity contribution is 7.86. The van der Waals surface area contributed by atoms with E-state index in [2.05, 4.69) is 5.16 Å². The lowest BCUT2D eigenvalue weighted by molar-refractivity contribution is 0.0690. The maximum absolute atomic E-state index is 13.0. The number of aryl methyl sites for hydroxylation is 2. The highest BCUT2D eigenvalue weighted by Gasteiger charge is 2.31. The molecule has 1 aliphatic rings. The summed E-state index contributed by atoms with van der Waals surface area (Å²) in [6.07, 6.45) is 0. The Labute approximate surface area is 171 Å². The fourth-order valence-electron chi connectivity index (χ4n) is 3.15. The van der Waals surface area contributed by atoms with E-state index in [9.17, 15) is 13.2 Å². The Hall–Kier alpha value is -2.43. The third-order valence-electron chi connectivity index (χ3n) is 4.98. The molecule has 29 heavy (non-hydrogen) atoms. The van der Waals surface area contributed by atoms with Crippen molar-refractivity contribution in [1.82, 2.24) is 18.7 Å². The summed E-state index contributed by atoms with van der Waals surface area (Å²) >= 11 is 0. The number of rotatable bonds is 6. The summed E-state index contributed by atoms with van der Waals surface area (Å²) in [6, 6.07) is 7.05. The molecule has 1 aromatic carbocycles. The number of nitrogens with zero attached hydrogens (tertiary/aromatic N) is 4. The Kier molecular flexibility index (Phi) is 6.25. The predicted octanol–water partition coefficient (Wildman–Crippen LogP) is 1.43. The number of para-hydroxylation sites is 1. The van der Waals surface area contributed by atoms with Crippen molar-refractivity contribution in [1.29, 1.82) is 0 Å². The molecule has 0 aliphatic carbocycles. The Balaban J connectivity index is 1.69. The van der Waals surface area contributed by atoms with Gasteiger partial charge in [-0.2, -0.15) is 17.0 Å². The molecule has 10 heteroatoms. The first-order valence-electron chi connectivity index (χ1n) is 9.32. The SMILES string of the molecule is Cc1noc(C)c1COc1ccccc1C(=O)N1CCN(S(=O)(=O)N(C)C)CC1. The first kappa shape index (κ1) is 21.3. The standard InChI is InChI=1S/C19H26N4O5S/c1-14-17(15(2)28-20-14)13-27-18-8-6-5-7-16(18)19(24)22-9-11-23(12-10-22)29(25,26)21(3)4/h5-8H,9-13H2,1-4H3. The van der Waals surface area contributed by atoms with Crippen LogP contribution in [0.4, 0.5) is 0 Å². The molecular weight excluding hydrogens is 396 g/mol. The van der Waals surface area contributed by atoms with Gasteiger partial charge >= 0.3 is 0 Å². The Bertz CT molecular complexity index is 959. The van der Waals surface area contributed by atoms with Crippen molar-refractivity contribution in [2.45, 2.75) is 20.5 Å². The second kappa shape index (κ2) is 8.52. The van der Waals surface area contributed by atoms with Crippen molar-refractivity contribution in [3.05, 3.63) is 46.8 Å². The van der Waals surface area contributed by atoms with Gasteiger partial charge in [0.15, 0.2) is 0 Å². The average molecular weight is 423 g/mol. The number of carbonyl (C=O) groups is 1. The molecule has 158 valence electrons. The third kappa shape index (κ3) is 4.44. The highest BCUT2D eigenvalue weighted by atomic mass is 32.2. The lowest BCUT2D eigenvalue weighted by atomic mass is 10.1. The number of piperazine rings is 1. The minimum absolute atomic E-state index is 0.179. The topological polar surface area (TPSA) is 96.2 Å². The molecule has 0 unspecified atom stereocenters. The summed E-state index contributed by atoms with van der Waals surface area (Å²) in [5, 5.41) is 3.91. The molecule has 0 atom stereocenters. The van der Waals surface area contributed by atoms with Gasteiger partial charge < -0.3 is 14.2 Å². The molecule has 3 rings (SSSR count). The van der Waals surface area contributed by atoms with Crippen molar-refractivity contribution >= 4 is 16.1 Å². The predicted molar refractivity (Wildman–Crippen MR) is 107 cm³/mol. The largest absolute Gasteiger partial charge is 0.488 e. The zero-order valence-corrected chi connectivity index (χ0v) is 17.9. The van der Waals surface area contributed by atoms with Crippen LogP contribution in [0.2, 0.25) is 0 Å². The zero-order chi connectivity index (χ0) is 21.2. The summed E-state index contributed by atoms with van der Waals surface area (Å²) in [5.41, 5.74) is 2.06. The molecule has 1 aromatic heterocycles. The fraction of sp³-hybridized carbons (Fsp3) is 0.474. The van der Waals surface area contributed by atoms with Crippen LogP contribution in [0.5, 0.6) is 5.75 Å².